The lowest BCUT2D eigenvalue weighted by Crippen LogP contribution is -2.49. The summed E-state index contributed by atoms with van der Waals surface area (Å²) >= 11 is 0. The van der Waals surface area contributed by atoms with Gasteiger partial charge in [0.2, 0.25) is 0 Å². The predicted octanol–water partition coefficient (Wildman–Crippen LogP) is 2.80. The Bertz CT molecular complexity index is 1680. The van der Waals surface area contributed by atoms with Crippen molar-refractivity contribution in [1.29, 1.82) is 0 Å². The van der Waals surface area contributed by atoms with Crippen molar-refractivity contribution in [3.8, 4) is 11.3 Å². The Hall–Kier alpha value is -5.50. The first-order chi connectivity index (χ1) is 22.1. The molecular weight excluding hydrogens is 596 g/mol. The molecule has 2 heterocycles. The molecule has 0 aliphatic heterocycles. The van der Waals surface area contributed by atoms with Crippen LogP contribution in [0.3, 0.4) is 0 Å². The molecule has 242 valence electrons. The van der Waals surface area contributed by atoms with Crippen LogP contribution >= 0.6 is 0 Å². The van der Waals surface area contributed by atoms with Gasteiger partial charge in [0, 0.05) is 24.6 Å². The highest BCUT2D eigenvalue weighted by Gasteiger charge is 2.33. The van der Waals surface area contributed by atoms with E-state index in [0.717, 1.165) is 25.3 Å². The van der Waals surface area contributed by atoms with Crippen LogP contribution in [0.15, 0.2) is 65.2 Å². The first kappa shape index (κ1) is 33.4. The van der Waals surface area contributed by atoms with E-state index in [0.29, 0.717) is 17.8 Å². The van der Waals surface area contributed by atoms with Gasteiger partial charge in [0.25, 0.3) is 0 Å². The standard InChI is InChI=1S/C32H36N6O8/c1-19(40)29-28(31(42)45-3)27(30(41)44-2)26(46-29)14-13-21(18-39)34-32(43)35-22(15-20-9-5-4-6-10-20)16-38-17-25(36-37-38)23-11-7-8-12-24(23)33/h4-12,17,21-22,39H,13-16,18,33H2,1-3H3,(H2,34,35,43)/t21-,22+/m0/s1. The van der Waals surface area contributed by atoms with Gasteiger partial charge in [0.15, 0.2) is 11.5 Å². The predicted molar refractivity (Wildman–Crippen MR) is 166 cm³/mol. The lowest BCUT2D eigenvalue weighted by atomic mass is 10.0. The smallest absolute Gasteiger partial charge is 0.342 e. The number of Topliss-reactive ketones (excluding diaryl/α,β-unsaturated/α-hetero) is 1. The quantitative estimate of drug-likeness (QED) is 0.0905. The minimum Gasteiger partial charge on any atom is -0.465 e. The number of nitrogens with two attached hydrogens (primary N) is 1. The van der Waals surface area contributed by atoms with Crippen LogP contribution in [0, 0.1) is 0 Å². The summed E-state index contributed by atoms with van der Waals surface area (Å²) in [7, 11) is 2.23. The fraction of sp³-hybridized carbons (Fsp3) is 0.312. The number of esters is 2. The van der Waals surface area contributed by atoms with Crippen LogP contribution in [-0.2, 0) is 28.9 Å². The number of methoxy groups -OCH3 is 2. The first-order valence-corrected chi connectivity index (χ1v) is 14.4. The van der Waals surface area contributed by atoms with Crippen molar-refractivity contribution in [3.05, 3.63) is 89.0 Å². The van der Waals surface area contributed by atoms with Crippen LogP contribution in [0.2, 0.25) is 0 Å². The van der Waals surface area contributed by atoms with Crippen LogP contribution in [0.4, 0.5) is 10.5 Å². The summed E-state index contributed by atoms with van der Waals surface area (Å²) in [6.07, 6.45) is 2.29. The number of urea groups is 1. The number of carbonyl (C=O) groups excluding carboxylic acids is 4. The molecular formula is C32H36N6O8. The van der Waals surface area contributed by atoms with Gasteiger partial charge in [-0.25, -0.2) is 19.1 Å². The van der Waals surface area contributed by atoms with Crippen LogP contribution in [0.5, 0.6) is 0 Å². The van der Waals surface area contributed by atoms with E-state index in [4.69, 9.17) is 19.6 Å². The lowest BCUT2D eigenvalue weighted by Gasteiger charge is -2.22. The van der Waals surface area contributed by atoms with Crippen molar-refractivity contribution >= 4 is 29.4 Å². The first-order valence-electron chi connectivity index (χ1n) is 14.4. The van der Waals surface area contributed by atoms with E-state index in [9.17, 15) is 24.3 Å². The molecule has 0 fully saturated rings. The summed E-state index contributed by atoms with van der Waals surface area (Å²) in [4.78, 5) is 50.4. The van der Waals surface area contributed by atoms with E-state index in [1.54, 1.807) is 16.9 Å². The molecule has 0 bridgehead atoms. The maximum absolute atomic E-state index is 13.2. The van der Waals surface area contributed by atoms with E-state index in [2.05, 4.69) is 20.9 Å². The number of aliphatic hydroxyl groups excluding tert-OH is 1. The fourth-order valence-electron chi connectivity index (χ4n) is 4.97. The molecule has 2 aromatic carbocycles. The maximum Gasteiger partial charge on any atom is 0.342 e. The van der Waals surface area contributed by atoms with Crippen LogP contribution in [0.1, 0.15) is 55.9 Å². The number of aliphatic hydroxyl groups is 1. The Labute approximate surface area is 264 Å². The molecule has 0 radical (unpaired) electrons. The molecule has 0 saturated carbocycles. The average molecular weight is 633 g/mol. The maximum atomic E-state index is 13.2. The number of ketones is 1. The summed E-state index contributed by atoms with van der Waals surface area (Å²) in [5, 5.41) is 24.2. The largest absolute Gasteiger partial charge is 0.465 e. The second-order valence-corrected chi connectivity index (χ2v) is 10.5. The van der Waals surface area contributed by atoms with Crippen LogP contribution in [-0.4, -0.2) is 76.8 Å². The number of hydrogen-bond acceptors (Lipinski definition) is 11. The van der Waals surface area contributed by atoms with Gasteiger partial charge in [0.1, 0.15) is 22.6 Å². The van der Waals surface area contributed by atoms with Crippen molar-refractivity contribution in [1.82, 2.24) is 25.6 Å². The van der Waals surface area contributed by atoms with Crippen molar-refractivity contribution in [3.63, 3.8) is 0 Å². The average Bonchev–Trinajstić information content (AvgIpc) is 3.68. The third kappa shape index (κ3) is 8.15. The zero-order chi connectivity index (χ0) is 33.2. The summed E-state index contributed by atoms with van der Waals surface area (Å²) in [6.45, 7) is 1.02. The van der Waals surface area contributed by atoms with Gasteiger partial charge in [-0.2, -0.15) is 0 Å². The molecule has 4 rings (SSSR count). The third-order valence-electron chi connectivity index (χ3n) is 7.20. The summed E-state index contributed by atoms with van der Waals surface area (Å²) in [6, 6.07) is 15.1. The molecule has 0 aliphatic rings. The zero-order valence-electron chi connectivity index (χ0n) is 25.7. The number of hydrogen-bond donors (Lipinski definition) is 4. The Kier molecular flexibility index (Phi) is 11.2. The minimum absolute atomic E-state index is 0.0129. The number of aromatic nitrogens is 3. The van der Waals surface area contributed by atoms with Gasteiger partial charge >= 0.3 is 18.0 Å². The van der Waals surface area contributed by atoms with Crippen LogP contribution < -0.4 is 16.4 Å². The van der Waals surface area contributed by atoms with E-state index >= 15 is 0 Å². The number of nitrogens with zero attached hydrogens (tertiary/aromatic N) is 3. The second-order valence-electron chi connectivity index (χ2n) is 10.5. The van der Waals surface area contributed by atoms with Crippen molar-refractivity contribution < 1.29 is 38.2 Å². The van der Waals surface area contributed by atoms with Crippen LogP contribution in [0.25, 0.3) is 11.3 Å². The molecule has 46 heavy (non-hydrogen) atoms. The molecule has 0 saturated heterocycles. The van der Waals surface area contributed by atoms with E-state index in [-0.39, 0.29) is 42.0 Å². The monoisotopic (exact) mass is 632 g/mol. The van der Waals surface area contributed by atoms with Gasteiger partial charge in [-0.3, -0.25) is 4.79 Å². The van der Waals surface area contributed by atoms with Crippen molar-refractivity contribution in [2.75, 3.05) is 26.6 Å². The molecule has 14 heteroatoms. The topological polar surface area (TPSA) is 201 Å². The van der Waals surface area contributed by atoms with Gasteiger partial charge in [0.05, 0.1) is 45.7 Å². The number of aryl methyl sites for hydroxylation is 1. The van der Waals surface area contributed by atoms with E-state index in [1.165, 1.54) is 6.92 Å². The van der Waals surface area contributed by atoms with Gasteiger partial charge in [-0.1, -0.05) is 53.7 Å². The Balaban J connectivity index is 1.48. The van der Waals surface area contributed by atoms with E-state index < -0.39 is 42.4 Å². The van der Waals surface area contributed by atoms with E-state index in [1.807, 2.05) is 48.5 Å². The number of para-hydroxylation sites is 1. The molecule has 2 aromatic heterocycles. The number of amides is 2. The lowest BCUT2D eigenvalue weighted by molar-refractivity contribution is 0.0554. The molecule has 5 N–H and O–H groups in total. The van der Waals surface area contributed by atoms with Crippen molar-refractivity contribution in [2.45, 2.75) is 44.8 Å². The highest BCUT2D eigenvalue weighted by Crippen LogP contribution is 2.27. The third-order valence-corrected chi connectivity index (χ3v) is 7.20. The number of nitrogen functional groups attached to an aromatic ring is 1. The summed E-state index contributed by atoms with van der Waals surface area (Å²) < 4.78 is 16.8. The molecule has 2 atom stereocenters. The van der Waals surface area contributed by atoms with Gasteiger partial charge in [-0.15, -0.1) is 5.10 Å². The highest BCUT2D eigenvalue weighted by atomic mass is 16.5. The fourth-order valence-corrected chi connectivity index (χ4v) is 4.97. The Morgan fingerprint density at radius 2 is 1.61 bits per heavy atom. The van der Waals surface area contributed by atoms with Crippen molar-refractivity contribution in [2.24, 2.45) is 0 Å². The molecule has 0 spiro atoms. The summed E-state index contributed by atoms with van der Waals surface area (Å²) in [5.41, 5.74) is 8.40. The van der Waals surface area contributed by atoms with Gasteiger partial charge in [-0.05, 0) is 24.5 Å². The Morgan fingerprint density at radius 3 is 2.26 bits per heavy atom. The van der Waals surface area contributed by atoms with Gasteiger partial charge < -0.3 is 35.4 Å². The normalized spacial score (nSPS) is 12.2. The molecule has 2 amide bonds. The summed E-state index contributed by atoms with van der Waals surface area (Å²) in [5.74, 6) is -2.78. The SMILES string of the molecule is COC(=O)c1c(CC[C@@H](CO)NC(=O)N[C@H](Cc2ccccc2)Cn2cc(-c3ccccc3N)nn2)oc(C(C)=O)c1C(=O)OC. The molecule has 0 unspecified atom stereocenters. The zero-order valence-corrected chi connectivity index (χ0v) is 25.7. The molecule has 0 aliphatic carbocycles. The number of ether oxygens (including phenoxy) is 2. The number of benzene rings is 2. The number of rotatable bonds is 14. The number of nitrogens with one attached hydrogen (secondary N) is 2. The second kappa shape index (κ2) is 15.5. The minimum atomic E-state index is -0.937. The number of furan rings is 1. The Morgan fingerprint density at radius 1 is 0.957 bits per heavy atom. The number of anilines is 1. The molecule has 14 nitrogen and oxygen atoms in total. The number of carbonyl (C=O) groups is 4. The highest BCUT2D eigenvalue weighted by molar-refractivity contribution is 6.11. The molecule has 4 aromatic rings.